The van der Waals surface area contributed by atoms with E-state index in [1.165, 1.54) is 6.20 Å². The van der Waals surface area contributed by atoms with Crippen molar-refractivity contribution in [2.24, 2.45) is 10.7 Å². The van der Waals surface area contributed by atoms with Gasteiger partial charge in [-0.05, 0) is 12.1 Å². The lowest BCUT2D eigenvalue weighted by atomic mass is 10.1. The van der Waals surface area contributed by atoms with Gasteiger partial charge in [0.15, 0.2) is 0 Å². The van der Waals surface area contributed by atoms with E-state index in [0.29, 0.717) is 25.4 Å². The van der Waals surface area contributed by atoms with Gasteiger partial charge < -0.3 is 20.9 Å². The smallest absolute Gasteiger partial charge is 0.130 e. The second-order valence-electron chi connectivity index (χ2n) is 6.66. The van der Waals surface area contributed by atoms with Crippen LogP contribution in [0, 0.1) is 0 Å². The lowest BCUT2D eigenvalue weighted by Gasteiger charge is -2.11. The van der Waals surface area contributed by atoms with Crippen molar-refractivity contribution in [1.29, 1.82) is 0 Å². The van der Waals surface area contributed by atoms with E-state index in [-0.39, 0.29) is 6.61 Å². The van der Waals surface area contributed by atoms with Crippen LogP contribution in [0.15, 0.2) is 71.5 Å². The molecule has 0 atom stereocenters. The summed E-state index contributed by atoms with van der Waals surface area (Å²) in [5.41, 5.74) is 11.3. The van der Waals surface area contributed by atoms with E-state index in [9.17, 15) is 0 Å². The molecule has 2 aromatic carbocycles. The van der Waals surface area contributed by atoms with Gasteiger partial charge in [-0.15, -0.1) is 0 Å². The molecule has 0 unspecified atom stereocenters. The molecule has 148 valence electrons. The van der Waals surface area contributed by atoms with E-state index in [0.717, 1.165) is 34.0 Å². The maximum Gasteiger partial charge on any atom is 0.130 e. The van der Waals surface area contributed by atoms with Crippen molar-refractivity contribution in [3.05, 3.63) is 77.8 Å². The summed E-state index contributed by atoms with van der Waals surface area (Å²) in [6.07, 6.45) is 3.04. The summed E-state index contributed by atoms with van der Waals surface area (Å²) < 4.78 is 8.05. The van der Waals surface area contributed by atoms with Gasteiger partial charge in [0.25, 0.3) is 0 Å². The number of anilines is 1. The largest absolute Gasteiger partial charge is 0.487 e. The molecule has 3 aromatic rings. The number of aromatic nitrogens is 2. The van der Waals surface area contributed by atoms with Crippen molar-refractivity contribution in [3.63, 3.8) is 0 Å². The topological polar surface area (TPSA) is 97.7 Å². The van der Waals surface area contributed by atoms with E-state index in [1.807, 2.05) is 41.1 Å². The number of benzene rings is 2. The Hall–Kier alpha value is -3.58. The van der Waals surface area contributed by atoms with Gasteiger partial charge in [-0.2, -0.15) is 5.10 Å². The van der Waals surface area contributed by atoms with Crippen LogP contribution < -0.4 is 15.8 Å². The van der Waals surface area contributed by atoms with Gasteiger partial charge in [0.1, 0.15) is 12.4 Å². The predicted molar refractivity (Wildman–Crippen MR) is 114 cm³/mol. The molecule has 0 bridgehead atoms. The predicted octanol–water partition coefficient (Wildman–Crippen LogP) is 2.77. The fourth-order valence-corrected chi connectivity index (χ4v) is 3.17. The van der Waals surface area contributed by atoms with Crippen molar-refractivity contribution in [2.75, 3.05) is 18.5 Å². The molecule has 4 N–H and O–H groups in total. The van der Waals surface area contributed by atoms with E-state index >= 15 is 0 Å². The van der Waals surface area contributed by atoms with Gasteiger partial charge in [-0.3, -0.25) is 9.67 Å². The number of nitrogens with one attached hydrogen (secondary N) is 1. The van der Waals surface area contributed by atoms with Gasteiger partial charge in [0.05, 0.1) is 36.8 Å². The number of aliphatic hydroxyl groups excluding tert-OH is 1. The maximum atomic E-state index is 8.83. The summed E-state index contributed by atoms with van der Waals surface area (Å²) in [6, 6.07) is 18.2. The fourth-order valence-electron chi connectivity index (χ4n) is 3.17. The van der Waals surface area contributed by atoms with E-state index < -0.39 is 0 Å². The van der Waals surface area contributed by atoms with Crippen LogP contribution in [0.25, 0.3) is 11.3 Å². The van der Waals surface area contributed by atoms with Gasteiger partial charge in [-0.1, -0.05) is 36.4 Å². The molecule has 29 heavy (non-hydrogen) atoms. The van der Waals surface area contributed by atoms with Crippen LogP contribution in [0.2, 0.25) is 0 Å². The molecule has 0 fully saturated rings. The zero-order valence-electron chi connectivity index (χ0n) is 16.0. The lowest BCUT2D eigenvalue weighted by molar-refractivity contribution is 0.302. The Bertz CT molecular complexity index is 1040. The third-order valence-electron chi connectivity index (χ3n) is 4.62. The zero-order chi connectivity index (χ0) is 20.1. The van der Waals surface area contributed by atoms with Crippen LogP contribution >= 0.6 is 0 Å². The fraction of sp³-hybridized carbons (Fsp3) is 0.182. The average molecular weight is 389 g/mol. The Morgan fingerprint density at radius 3 is 2.90 bits per heavy atom. The number of hydrogen-bond acceptors (Lipinski definition) is 6. The number of rotatable bonds is 6. The zero-order valence-corrected chi connectivity index (χ0v) is 16.0. The summed E-state index contributed by atoms with van der Waals surface area (Å²) in [4.78, 5) is 4.08. The van der Waals surface area contributed by atoms with Crippen LogP contribution in [0.3, 0.4) is 0 Å². The van der Waals surface area contributed by atoms with Gasteiger partial charge in [0.2, 0.25) is 0 Å². The third-order valence-corrected chi connectivity index (χ3v) is 4.62. The Kier molecular flexibility index (Phi) is 5.58. The quantitative estimate of drug-likeness (QED) is 0.563. The molecule has 0 amide bonds. The maximum absolute atomic E-state index is 8.83. The van der Waals surface area contributed by atoms with Gasteiger partial charge in [-0.25, -0.2) is 0 Å². The minimum atomic E-state index is 0.00184. The molecule has 4 rings (SSSR count). The van der Waals surface area contributed by atoms with Crippen molar-refractivity contribution in [1.82, 2.24) is 9.78 Å². The summed E-state index contributed by atoms with van der Waals surface area (Å²) in [5, 5.41) is 16.8. The Balaban J connectivity index is 1.53. The highest BCUT2D eigenvalue weighted by Crippen LogP contribution is 2.30. The van der Waals surface area contributed by atoms with E-state index in [1.54, 1.807) is 6.21 Å². The van der Waals surface area contributed by atoms with Crippen LogP contribution in [-0.2, 0) is 13.2 Å². The van der Waals surface area contributed by atoms with Crippen molar-refractivity contribution >= 4 is 11.9 Å². The van der Waals surface area contributed by atoms with Crippen molar-refractivity contribution < 1.29 is 9.84 Å². The average Bonchev–Trinajstić information content (AvgIpc) is 3.08. The molecule has 7 nitrogen and oxygen atoms in total. The summed E-state index contributed by atoms with van der Waals surface area (Å²) in [5.74, 6) is 0.811. The van der Waals surface area contributed by atoms with Crippen LogP contribution in [0.5, 0.6) is 5.75 Å². The second-order valence-corrected chi connectivity index (χ2v) is 6.66. The van der Waals surface area contributed by atoms with Gasteiger partial charge >= 0.3 is 0 Å². The molecular weight excluding hydrogens is 366 g/mol. The molecule has 2 heterocycles. The normalized spacial score (nSPS) is 13.5. The molecule has 0 radical (unpaired) electrons. The number of aliphatic imine (C=N–C) groups is 1. The van der Waals surface area contributed by atoms with Crippen LogP contribution in [0.4, 0.5) is 5.69 Å². The van der Waals surface area contributed by atoms with Crippen LogP contribution in [0.1, 0.15) is 11.3 Å². The second kappa shape index (κ2) is 8.62. The monoisotopic (exact) mass is 389 g/mol. The number of hydrogen-bond donors (Lipinski definition) is 3. The number of nitrogens with zero attached hydrogens (tertiary/aromatic N) is 3. The minimum Gasteiger partial charge on any atom is -0.487 e. The standard InChI is InChI=1S/C22H23N5O2/c23-12-19(13-24-8-9-28)25-18-7-6-17-14-27-20(15-29-22(17)10-18)11-21(26-27)16-4-2-1-3-5-16/h1-7,10-13,25,28H,8-9,14-15,23H2. The van der Waals surface area contributed by atoms with Crippen molar-refractivity contribution in [3.8, 4) is 17.0 Å². The highest BCUT2D eigenvalue weighted by Gasteiger charge is 2.17. The van der Waals surface area contributed by atoms with E-state index in [2.05, 4.69) is 28.5 Å². The van der Waals surface area contributed by atoms with Crippen molar-refractivity contribution in [2.45, 2.75) is 13.2 Å². The minimum absolute atomic E-state index is 0.00184. The number of allylic oxidation sites excluding steroid dienone is 1. The molecule has 1 aliphatic rings. The molecule has 0 saturated heterocycles. The Morgan fingerprint density at radius 1 is 1.24 bits per heavy atom. The lowest BCUT2D eigenvalue weighted by Crippen LogP contribution is -2.05. The Morgan fingerprint density at radius 2 is 2.10 bits per heavy atom. The third kappa shape index (κ3) is 4.30. The number of fused-ring (bicyclic) bond motifs is 2. The number of nitrogens with two attached hydrogens (primary N) is 1. The molecule has 1 aliphatic heterocycles. The molecule has 1 aromatic heterocycles. The highest BCUT2D eigenvalue weighted by molar-refractivity contribution is 5.83. The van der Waals surface area contributed by atoms with Crippen LogP contribution in [-0.4, -0.2) is 34.3 Å². The first-order valence-corrected chi connectivity index (χ1v) is 9.44. The van der Waals surface area contributed by atoms with Gasteiger partial charge in [0, 0.05) is 35.3 Å². The molecule has 0 spiro atoms. The first-order valence-electron chi connectivity index (χ1n) is 9.44. The first-order chi connectivity index (χ1) is 14.3. The summed E-state index contributed by atoms with van der Waals surface area (Å²) >= 11 is 0. The SMILES string of the molecule is NC=C(C=NCCO)Nc1ccc2c(c1)OCc1cc(-c3ccccc3)nn1C2. The molecule has 0 aliphatic carbocycles. The Labute approximate surface area is 169 Å². The molecule has 7 heteroatoms. The first kappa shape index (κ1) is 18.8. The summed E-state index contributed by atoms with van der Waals surface area (Å²) in [6.45, 7) is 1.44. The van der Waals surface area contributed by atoms with E-state index in [4.69, 9.17) is 20.7 Å². The summed E-state index contributed by atoms with van der Waals surface area (Å²) in [7, 11) is 0. The molecular formula is C22H23N5O2. The highest BCUT2D eigenvalue weighted by atomic mass is 16.5. The molecule has 0 saturated carbocycles. The number of ether oxygens (including phenoxy) is 1. The number of aliphatic hydroxyl groups is 1.